The largest absolute Gasteiger partial charge is 0.491 e. The van der Waals surface area contributed by atoms with Crippen LogP contribution in [0.5, 0.6) is 5.75 Å². The van der Waals surface area contributed by atoms with Gasteiger partial charge in [0.2, 0.25) is 0 Å². The fourth-order valence-electron chi connectivity index (χ4n) is 2.71. The summed E-state index contributed by atoms with van der Waals surface area (Å²) in [7, 11) is 1.33. The van der Waals surface area contributed by atoms with E-state index in [-0.39, 0.29) is 11.8 Å². The lowest BCUT2D eigenvalue weighted by Crippen LogP contribution is -2.07. The molecule has 6 nitrogen and oxygen atoms in total. The smallest absolute Gasteiger partial charge is 0.356 e. The predicted molar refractivity (Wildman–Crippen MR) is 99.9 cm³/mol. The lowest BCUT2D eigenvalue weighted by molar-refractivity contribution is 0.0594. The van der Waals surface area contributed by atoms with E-state index in [0.29, 0.717) is 17.2 Å². The summed E-state index contributed by atoms with van der Waals surface area (Å²) >= 11 is 6.43. The molecule has 0 aliphatic heterocycles. The number of pyridine rings is 1. The maximum Gasteiger partial charge on any atom is 0.356 e. The number of hydrogen-bond donors (Lipinski definition) is 0. The average Bonchev–Trinajstić information content (AvgIpc) is 2.90. The van der Waals surface area contributed by atoms with Crippen LogP contribution in [0.25, 0.3) is 11.2 Å². The van der Waals surface area contributed by atoms with Gasteiger partial charge in [-0.25, -0.2) is 14.8 Å². The molecule has 0 spiro atoms. The lowest BCUT2D eigenvalue weighted by Gasteiger charge is -2.13. The van der Waals surface area contributed by atoms with Crippen LogP contribution < -0.4 is 4.74 Å². The topological polar surface area (TPSA) is 66.2 Å². The second-order valence-electron chi connectivity index (χ2n) is 6.20. The Labute approximate surface area is 156 Å². The summed E-state index contributed by atoms with van der Waals surface area (Å²) in [6.45, 7) is 6.38. The van der Waals surface area contributed by atoms with E-state index in [1.165, 1.54) is 7.11 Å². The Balaban J connectivity index is 1.94. The SMILES string of the molecule is COC(=O)c1ccc2c(n1)nc(C)n2Cc1ccc(OC(C)C)cc1Cl. The Morgan fingerprint density at radius 3 is 2.65 bits per heavy atom. The third-order valence-electron chi connectivity index (χ3n) is 3.92. The molecule has 0 aliphatic rings. The van der Waals surface area contributed by atoms with Gasteiger partial charge in [0, 0.05) is 5.02 Å². The van der Waals surface area contributed by atoms with E-state index in [9.17, 15) is 4.79 Å². The monoisotopic (exact) mass is 373 g/mol. The van der Waals surface area contributed by atoms with Gasteiger partial charge in [-0.15, -0.1) is 0 Å². The Hall–Kier alpha value is -2.60. The normalized spacial score (nSPS) is 11.2. The molecule has 0 N–H and O–H groups in total. The molecule has 26 heavy (non-hydrogen) atoms. The molecule has 0 unspecified atom stereocenters. The first kappa shape index (κ1) is 18.2. The number of ether oxygens (including phenoxy) is 2. The van der Waals surface area contributed by atoms with E-state index in [0.717, 1.165) is 22.7 Å². The molecule has 0 saturated carbocycles. The van der Waals surface area contributed by atoms with Gasteiger partial charge < -0.3 is 14.0 Å². The maximum atomic E-state index is 11.6. The van der Waals surface area contributed by atoms with Crippen LogP contribution in [0.4, 0.5) is 0 Å². The van der Waals surface area contributed by atoms with E-state index in [1.807, 2.05) is 49.6 Å². The Kier molecular flexibility index (Phi) is 5.13. The molecule has 0 radical (unpaired) electrons. The van der Waals surface area contributed by atoms with Gasteiger partial charge in [-0.3, -0.25) is 0 Å². The van der Waals surface area contributed by atoms with Crippen LogP contribution in [-0.2, 0) is 11.3 Å². The minimum atomic E-state index is -0.483. The first-order valence-electron chi connectivity index (χ1n) is 8.26. The molecule has 0 aliphatic carbocycles. The minimum Gasteiger partial charge on any atom is -0.491 e. The summed E-state index contributed by atoms with van der Waals surface area (Å²) in [5, 5.41) is 0.628. The molecule has 3 aromatic rings. The molecule has 136 valence electrons. The third kappa shape index (κ3) is 3.65. The highest BCUT2D eigenvalue weighted by atomic mass is 35.5. The quantitative estimate of drug-likeness (QED) is 0.632. The summed E-state index contributed by atoms with van der Waals surface area (Å²) in [6.07, 6.45) is 0.0897. The molecule has 7 heteroatoms. The second kappa shape index (κ2) is 7.33. The number of carbonyl (C=O) groups is 1. The fourth-order valence-corrected chi connectivity index (χ4v) is 2.94. The van der Waals surface area contributed by atoms with Crippen molar-refractivity contribution < 1.29 is 14.3 Å². The van der Waals surface area contributed by atoms with Crippen LogP contribution in [0.15, 0.2) is 30.3 Å². The zero-order valence-corrected chi connectivity index (χ0v) is 15.9. The van der Waals surface area contributed by atoms with Crippen molar-refractivity contribution in [3.8, 4) is 5.75 Å². The summed E-state index contributed by atoms with van der Waals surface area (Å²) < 4.78 is 12.4. The number of rotatable bonds is 5. The highest BCUT2D eigenvalue weighted by molar-refractivity contribution is 6.31. The summed E-state index contributed by atoms with van der Waals surface area (Å²) in [5.41, 5.74) is 2.51. The number of benzene rings is 1. The van der Waals surface area contributed by atoms with Crippen molar-refractivity contribution in [1.29, 1.82) is 0 Å². The number of imidazole rings is 1. The number of methoxy groups -OCH3 is 1. The molecular formula is C19H20ClN3O3. The number of nitrogens with zero attached hydrogens (tertiary/aromatic N) is 3. The van der Waals surface area contributed by atoms with Gasteiger partial charge in [0.1, 0.15) is 11.6 Å². The number of esters is 1. The van der Waals surface area contributed by atoms with Crippen LogP contribution in [0.3, 0.4) is 0 Å². The van der Waals surface area contributed by atoms with E-state index < -0.39 is 5.97 Å². The number of halogens is 1. The van der Waals surface area contributed by atoms with E-state index in [4.69, 9.17) is 21.1 Å². The Bertz CT molecular complexity index is 966. The van der Waals surface area contributed by atoms with Crippen LogP contribution in [0, 0.1) is 6.92 Å². The van der Waals surface area contributed by atoms with Crippen LogP contribution >= 0.6 is 11.6 Å². The number of fused-ring (bicyclic) bond motifs is 1. The number of hydrogen-bond acceptors (Lipinski definition) is 5. The van der Waals surface area contributed by atoms with E-state index in [1.54, 1.807) is 6.07 Å². The number of carbonyl (C=O) groups excluding carboxylic acids is 1. The molecule has 2 aromatic heterocycles. The molecule has 0 fully saturated rings. The summed E-state index contributed by atoms with van der Waals surface area (Å²) in [4.78, 5) is 20.4. The van der Waals surface area contributed by atoms with E-state index in [2.05, 4.69) is 9.97 Å². The first-order valence-corrected chi connectivity index (χ1v) is 8.64. The predicted octanol–water partition coefficient (Wildman–Crippen LogP) is 4.02. The average molecular weight is 374 g/mol. The summed E-state index contributed by atoms with van der Waals surface area (Å²) in [5.74, 6) is 1.04. The minimum absolute atomic E-state index is 0.0897. The molecule has 1 aromatic carbocycles. The van der Waals surface area contributed by atoms with Crippen molar-refractivity contribution in [3.63, 3.8) is 0 Å². The zero-order valence-electron chi connectivity index (χ0n) is 15.1. The van der Waals surface area contributed by atoms with Crippen LogP contribution in [-0.4, -0.2) is 33.7 Å². The van der Waals surface area contributed by atoms with Gasteiger partial charge in [0.15, 0.2) is 11.3 Å². The van der Waals surface area contributed by atoms with Crippen molar-refractivity contribution in [2.24, 2.45) is 0 Å². The molecule has 0 amide bonds. The molecular weight excluding hydrogens is 354 g/mol. The van der Waals surface area contributed by atoms with Gasteiger partial charge in [-0.1, -0.05) is 17.7 Å². The van der Waals surface area contributed by atoms with Gasteiger partial charge >= 0.3 is 5.97 Å². The number of aryl methyl sites for hydroxylation is 1. The van der Waals surface area contributed by atoms with Crippen molar-refractivity contribution in [2.75, 3.05) is 7.11 Å². The molecule has 3 rings (SSSR count). The van der Waals surface area contributed by atoms with Crippen molar-refractivity contribution in [3.05, 3.63) is 52.4 Å². The molecule has 0 atom stereocenters. The zero-order chi connectivity index (χ0) is 18.8. The maximum absolute atomic E-state index is 11.6. The highest BCUT2D eigenvalue weighted by Gasteiger charge is 2.14. The fraction of sp³-hybridized carbons (Fsp3) is 0.316. The van der Waals surface area contributed by atoms with Gasteiger partial charge in [-0.2, -0.15) is 0 Å². The second-order valence-corrected chi connectivity index (χ2v) is 6.60. The number of aromatic nitrogens is 3. The standard InChI is InChI=1S/C19H20ClN3O3/c1-11(2)26-14-6-5-13(15(20)9-14)10-23-12(3)21-18-17(23)8-7-16(22-18)19(24)25-4/h5-9,11H,10H2,1-4H3. The molecule has 2 heterocycles. The lowest BCUT2D eigenvalue weighted by atomic mass is 10.2. The van der Waals surface area contributed by atoms with Crippen LogP contribution in [0.1, 0.15) is 35.7 Å². The third-order valence-corrected chi connectivity index (χ3v) is 4.27. The summed E-state index contributed by atoms with van der Waals surface area (Å²) in [6, 6.07) is 9.12. The first-order chi connectivity index (χ1) is 12.4. The Morgan fingerprint density at radius 2 is 2.00 bits per heavy atom. The van der Waals surface area contributed by atoms with Crippen molar-refractivity contribution in [2.45, 2.75) is 33.4 Å². The van der Waals surface area contributed by atoms with Gasteiger partial charge in [-0.05, 0) is 50.6 Å². The van der Waals surface area contributed by atoms with Crippen molar-refractivity contribution >= 4 is 28.7 Å². The van der Waals surface area contributed by atoms with E-state index >= 15 is 0 Å². The molecule has 0 bridgehead atoms. The highest BCUT2D eigenvalue weighted by Crippen LogP contribution is 2.26. The van der Waals surface area contributed by atoms with Gasteiger partial charge in [0.05, 0.1) is 25.3 Å². The molecule has 0 saturated heterocycles. The van der Waals surface area contributed by atoms with Crippen molar-refractivity contribution in [1.82, 2.24) is 14.5 Å². The van der Waals surface area contributed by atoms with Crippen LogP contribution in [0.2, 0.25) is 5.02 Å². The Morgan fingerprint density at radius 1 is 1.23 bits per heavy atom. The van der Waals surface area contributed by atoms with Gasteiger partial charge in [0.25, 0.3) is 0 Å².